The van der Waals surface area contributed by atoms with Gasteiger partial charge in [-0.3, -0.25) is 14.7 Å². The fourth-order valence-electron chi connectivity index (χ4n) is 3.52. The van der Waals surface area contributed by atoms with Crippen molar-refractivity contribution in [3.8, 4) is 35.1 Å². The Morgan fingerprint density at radius 2 is 1.77 bits per heavy atom. The summed E-state index contributed by atoms with van der Waals surface area (Å²) in [7, 11) is 0. The van der Waals surface area contributed by atoms with Gasteiger partial charge in [0, 0.05) is 49.8 Å². The van der Waals surface area contributed by atoms with E-state index in [1.54, 1.807) is 53.3 Å². The lowest BCUT2D eigenvalue weighted by atomic mass is 10.1. The van der Waals surface area contributed by atoms with Gasteiger partial charge in [0.05, 0.1) is 6.20 Å². The van der Waals surface area contributed by atoms with Gasteiger partial charge < -0.3 is 14.5 Å². The first-order valence-corrected chi connectivity index (χ1v) is 9.98. The third-order valence-electron chi connectivity index (χ3n) is 5.26. The average molecular weight is 414 g/mol. The molecule has 1 fully saturated rings. The number of hydrogen-bond donors (Lipinski definition) is 1. The molecule has 4 rings (SSSR count). The number of nitrogens with one attached hydrogen (secondary N) is 1. The van der Waals surface area contributed by atoms with Crippen LogP contribution in [0.4, 0.5) is 0 Å². The molecule has 3 aromatic rings. The maximum absolute atomic E-state index is 13.0. The Balaban J connectivity index is 1.51. The number of H-pyrrole nitrogens is 1. The summed E-state index contributed by atoms with van der Waals surface area (Å²) >= 11 is 0. The van der Waals surface area contributed by atoms with Crippen LogP contribution in [0.1, 0.15) is 22.8 Å². The number of hydrogen-bond acceptors (Lipinski definition) is 4. The van der Waals surface area contributed by atoms with Gasteiger partial charge in [-0.15, -0.1) is 6.42 Å². The molecule has 0 atom stereocenters. The highest BCUT2D eigenvalue weighted by Gasteiger charge is 2.23. The van der Waals surface area contributed by atoms with Crippen molar-refractivity contribution in [3.05, 3.63) is 65.9 Å². The molecule has 0 spiro atoms. The molecule has 1 aliphatic rings. The Bertz CT molecular complexity index is 1140. The zero-order chi connectivity index (χ0) is 21.8. The molecule has 1 N–H and O–H groups in total. The van der Waals surface area contributed by atoms with E-state index < -0.39 is 0 Å². The third-order valence-corrected chi connectivity index (χ3v) is 5.26. The average Bonchev–Trinajstić information content (AvgIpc) is 3.27. The predicted octanol–water partition coefficient (Wildman–Crippen LogP) is 3.15. The Hall–Kier alpha value is -4.05. The van der Waals surface area contributed by atoms with Crippen molar-refractivity contribution in [1.29, 1.82) is 0 Å². The van der Waals surface area contributed by atoms with Crippen LogP contribution in [0.5, 0.6) is 11.5 Å². The highest BCUT2D eigenvalue weighted by atomic mass is 16.5. The van der Waals surface area contributed by atoms with Crippen LogP contribution in [0.15, 0.2) is 54.7 Å². The molecule has 0 saturated carbocycles. The van der Waals surface area contributed by atoms with Crippen LogP contribution >= 0.6 is 0 Å². The molecule has 1 saturated heterocycles. The summed E-state index contributed by atoms with van der Waals surface area (Å²) in [4.78, 5) is 28.0. The van der Waals surface area contributed by atoms with Gasteiger partial charge in [0.15, 0.2) is 5.75 Å². The fraction of sp³-hybridized carbons (Fsp3) is 0.208. The van der Waals surface area contributed by atoms with E-state index in [1.165, 1.54) is 0 Å². The second kappa shape index (κ2) is 8.76. The monoisotopic (exact) mass is 414 g/mol. The minimum Gasteiger partial charge on any atom is -0.453 e. The van der Waals surface area contributed by atoms with Crippen molar-refractivity contribution in [2.75, 3.05) is 26.2 Å². The molecule has 1 aromatic heterocycles. The molecular formula is C24H22N4O3. The number of carbonyl (C=O) groups is 2. The van der Waals surface area contributed by atoms with E-state index in [0.29, 0.717) is 48.9 Å². The number of aromatic nitrogens is 2. The van der Waals surface area contributed by atoms with Gasteiger partial charge in [-0.05, 0) is 36.4 Å². The van der Waals surface area contributed by atoms with Gasteiger partial charge in [-0.2, -0.15) is 5.10 Å². The van der Waals surface area contributed by atoms with Crippen LogP contribution in [-0.4, -0.2) is 58.0 Å². The first-order valence-electron chi connectivity index (χ1n) is 9.98. The SMILES string of the molecule is C#Cc1ccc(Oc2cn[nH]c2-c2cccc(C(=O)N3CCN(C(C)=O)CC3)c2)cc1. The van der Waals surface area contributed by atoms with Gasteiger partial charge in [0.2, 0.25) is 5.91 Å². The van der Waals surface area contributed by atoms with Gasteiger partial charge in [-0.25, -0.2) is 0 Å². The van der Waals surface area contributed by atoms with E-state index in [9.17, 15) is 9.59 Å². The van der Waals surface area contributed by atoms with Crippen LogP contribution < -0.4 is 4.74 Å². The molecule has 0 aliphatic carbocycles. The summed E-state index contributed by atoms with van der Waals surface area (Å²) < 4.78 is 5.96. The zero-order valence-electron chi connectivity index (χ0n) is 17.2. The van der Waals surface area contributed by atoms with Crippen LogP contribution in [0.2, 0.25) is 0 Å². The van der Waals surface area contributed by atoms with Crippen molar-refractivity contribution in [3.63, 3.8) is 0 Å². The maximum atomic E-state index is 13.0. The fourth-order valence-corrected chi connectivity index (χ4v) is 3.52. The minimum absolute atomic E-state index is 0.0369. The lowest BCUT2D eigenvalue weighted by molar-refractivity contribution is -0.130. The molecule has 156 valence electrons. The van der Waals surface area contributed by atoms with Gasteiger partial charge in [0.1, 0.15) is 11.4 Å². The van der Waals surface area contributed by atoms with Crippen molar-refractivity contribution < 1.29 is 14.3 Å². The largest absolute Gasteiger partial charge is 0.453 e. The normalized spacial score (nSPS) is 13.5. The van der Waals surface area contributed by atoms with Crippen LogP contribution in [0.3, 0.4) is 0 Å². The molecule has 0 radical (unpaired) electrons. The first kappa shape index (κ1) is 20.2. The number of aromatic amines is 1. The topological polar surface area (TPSA) is 78.5 Å². The van der Waals surface area contributed by atoms with Gasteiger partial charge in [-0.1, -0.05) is 18.1 Å². The number of benzene rings is 2. The highest BCUT2D eigenvalue weighted by Crippen LogP contribution is 2.32. The van der Waals surface area contributed by atoms with Crippen molar-refractivity contribution in [2.45, 2.75) is 6.92 Å². The van der Waals surface area contributed by atoms with E-state index in [0.717, 1.165) is 11.1 Å². The lowest BCUT2D eigenvalue weighted by Gasteiger charge is -2.34. The van der Waals surface area contributed by atoms with E-state index >= 15 is 0 Å². The van der Waals surface area contributed by atoms with Crippen LogP contribution in [0, 0.1) is 12.3 Å². The second-order valence-corrected chi connectivity index (χ2v) is 7.26. The number of amides is 2. The van der Waals surface area contributed by atoms with Gasteiger partial charge in [0.25, 0.3) is 5.91 Å². The molecule has 7 heteroatoms. The molecule has 1 aliphatic heterocycles. The summed E-state index contributed by atoms with van der Waals surface area (Å²) in [5.41, 5.74) is 2.82. The standard InChI is InChI=1S/C24H22N4O3/c1-3-18-7-9-21(10-8-18)31-22-16-25-26-23(22)19-5-4-6-20(15-19)24(30)28-13-11-27(12-14-28)17(2)29/h1,4-10,15-16H,11-14H2,2H3,(H,25,26). The summed E-state index contributed by atoms with van der Waals surface area (Å²) in [6, 6.07) is 14.5. The molecular weight excluding hydrogens is 392 g/mol. The van der Waals surface area contributed by atoms with Crippen LogP contribution in [-0.2, 0) is 4.79 Å². The van der Waals surface area contributed by atoms with Crippen molar-refractivity contribution >= 4 is 11.8 Å². The molecule has 0 unspecified atom stereocenters. The highest BCUT2D eigenvalue weighted by molar-refractivity contribution is 5.95. The lowest BCUT2D eigenvalue weighted by Crippen LogP contribution is -2.50. The number of ether oxygens (including phenoxy) is 1. The van der Waals surface area contributed by atoms with E-state index in [-0.39, 0.29) is 11.8 Å². The number of terminal acetylenes is 1. The second-order valence-electron chi connectivity index (χ2n) is 7.26. The van der Waals surface area contributed by atoms with E-state index in [2.05, 4.69) is 16.1 Å². The van der Waals surface area contributed by atoms with Crippen molar-refractivity contribution in [1.82, 2.24) is 20.0 Å². The van der Waals surface area contributed by atoms with Crippen molar-refractivity contribution in [2.24, 2.45) is 0 Å². The zero-order valence-corrected chi connectivity index (χ0v) is 17.2. The smallest absolute Gasteiger partial charge is 0.253 e. The maximum Gasteiger partial charge on any atom is 0.253 e. The van der Waals surface area contributed by atoms with E-state index in [4.69, 9.17) is 11.2 Å². The Morgan fingerprint density at radius 1 is 1.06 bits per heavy atom. The quantitative estimate of drug-likeness (QED) is 0.666. The van der Waals surface area contributed by atoms with E-state index in [1.807, 2.05) is 18.2 Å². The molecule has 2 heterocycles. The summed E-state index contributed by atoms with van der Waals surface area (Å²) in [5, 5.41) is 7.05. The molecule has 0 bridgehead atoms. The Morgan fingerprint density at radius 3 is 2.45 bits per heavy atom. The predicted molar refractivity (Wildman–Crippen MR) is 117 cm³/mol. The summed E-state index contributed by atoms with van der Waals surface area (Å²) in [6.45, 7) is 3.70. The molecule has 2 aromatic carbocycles. The number of piperazine rings is 1. The number of carbonyl (C=O) groups excluding carboxylic acids is 2. The first-order chi connectivity index (χ1) is 15.0. The number of nitrogens with zero attached hydrogens (tertiary/aromatic N) is 3. The molecule has 7 nitrogen and oxygen atoms in total. The number of rotatable bonds is 4. The third kappa shape index (κ3) is 4.43. The van der Waals surface area contributed by atoms with Crippen LogP contribution in [0.25, 0.3) is 11.3 Å². The Kier molecular flexibility index (Phi) is 5.72. The molecule has 31 heavy (non-hydrogen) atoms. The minimum atomic E-state index is -0.0584. The summed E-state index contributed by atoms with van der Waals surface area (Å²) in [5.74, 6) is 3.74. The van der Waals surface area contributed by atoms with Gasteiger partial charge >= 0.3 is 0 Å². The molecule has 2 amide bonds. The summed E-state index contributed by atoms with van der Waals surface area (Å²) in [6.07, 6.45) is 6.99. The Labute approximate surface area is 180 Å².